The van der Waals surface area contributed by atoms with Gasteiger partial charge >= 0.3 is 0 Å². The quantitative estimate of drug-likeness (QED) is 0.658. The number of methoxy groups -OCH3 is 1. The first kappa shape index (κ1) is 19.3. The van der Waals surface area contributed by atoms with Gasteiger partial charge in [0.15, 0.2) is 5.69 Å². The van der Waals surface area contributed by atoms with Gasteiger partial charge in [0.1, 0.15) is 5.82 Å². The Kier molecular flexibility index (Phi) is 6.18. The Balaban J connectivity index is 1.88. The van der Waals surface area contributed by atoms with Crippen LogP contribution < -0.4 is 10.6 Å². The molecule has 7 heteroatoms. The van der Waals surface area contributed by atoms with E-state index in [9.17, 15) is 9.59 Å². The van der Waals surface area contributed by atoms with E-state index in [0.717, 1.165) is 11.3 Å². The van der Waals surface area contributed by atoms with Gasteiger partial charge < -0.3 is 15.4 Å². The van der Waals surface area contributed by atoms with Crippen molar-refractivity contribution in [3.8, 4) is 5.69 Å². The Labute approximate surface area is 163 Å². The van der Waals surface area contributed by atoms with E-state index in [0.29, 0.717) is 24.5 Å². The Hall–Kier alpha value is -3.45. The number of hydrogen-bond donors (Lipinski definition) is 2. The van der Waals surface area contributed by atoms with Crippen molar-refractivity contribution in [2.75, 3.05) is 17.7 Å². The van der Waals surface area contributed by atoms with Crippen LogP contribution in [-0.4, -0.2) is 28.7 Å². The number of benzene rings is 2. The summed E-state index contributed by atoms with van der Waals surface area (Å²) in [4.78, 5) is 24.6. The molecule has 3 aromatic rings. The molecule has 0 saturated heterocycles. The summed E-state index contributed by atoms with van der Waals surface area (Å²) in [6.45, 7) is 2.22. The Morgan fingerprint density at radius 2 is 1.82 bits per heavy atom. The van der Waals surface area contributed by atoms with Gasteiger partial charge in [0.05, 0.1) is 12.3 Å². The van der Waals surface area contributed by atoms with Gasteiger partial charge in [-0.3, -0.25) is 9.59 Å². The molecule has 3 rings (SSSR count). The molecule has 0 aliphatic rings. The number of para-hydroxylation sites is 1. The van der Waals surface area contributed by atoms with Gasteiger partial charge in [-0.2, -0.15) is 5.10 Å². The minimum Gasteiger partial charge on any atom is -0.380 e. The molecule has 0 unspecified atom stereocenters. The molecule has 0 spiro atoms. The summed E-state index contributed by atoms with van der Waals surface area (Å²) in [5.74, 6) is -0.0797. The SMILES string of the molecule is CCC(=O)Nc1cc(C(=O)Nc2cccc(COC)c2)nn1-c1ccccc1. The molecular weight excluding hydrogens is 356 g/mol. The predicted molar refractivity (Wildman–Crippen MR) is 108 cm³/mol. The number of amides is 2. The summed E-state index contributed by atoms with van der Waals surface area (Å²) in [7, 11) is 1.62. The molecule has 2 N–H and O–H groups in total. The third kappa shape index (κ3) is 4.63. The van der Waals surface area contributed by atoms with E-state index in [2.05, 4.69) is 15.7 Å². The normalized spacial score (nSPS) is 10.5. The van der Waals surface area contributed by atoms with E-state index >= 15 is 0 Å². The van der Waals surface area contributed by atoms with Crippen LogP contribution in [0.4, 0.5) is 11.5 Å². The molecular formula is C21H22N4O3. The number of nitrogens with zero attached hydrogens (tertiary/aromatic N) is 2. The van der Waals surface area contributed by atoms with Crippen LogP contribution in [0, 0.1) is 0 Å². The van der Waals surface area contributed by atoms with E-state index in [1.165, 1.54) is 0 Å². The third-order valence-corrected chi connectivity index (χ3v) is 4.03. The standard InChI is InChI=1S/C21H22N4O3/c1-3-20(26)23-19-13-18(24-25(19)17-10-5-4-6-11-17)21(27)22-16-9-7-8-15(12-16)14-28-2/h4-13H,3,14H2,1-2H3,(H,22,27)(H,23,26). The second-order valence-corrected chi connectivity index (χ2v) is 6.15. The maximum atomic E-state index is 12.7. The van der Waals surface area contributed by atoms with Crippen molar-refractivity contribution in [2.24, 2.45) is 0 Å². The van der Waals surface area contributed by atoms with Gasteiger partial charge in [0.25, 0.3) is 5.91 Å². The highest BCUT2D eigenvalue weighted by Gasteiger charge is 2.17. The number of rotatable bonds is 7. The lowest BCUT2D eigenvalue weighted by molar-refractivity contribution is -0.115. The van der Waals surface area contributed by atoms with Crippen LogP contribution in [0.2, 0.25) is 0 Å². The number of aromatic nitrogens is 2. The first-order valence-corrected chi connectivity index (χ1v) is 8.95. The highest BCUT2D eigenvalue weighted by Crippen LogP contribution is 2.19. The second kappa shape index (κ2) is 8.96. The number of nitrogens with one attached hydrogen (secondary N) is 2. The first-order valence-electron chi connectivity index (χ1n) is 8.95. The molecule has 28 heavy (non-hydrogen) atoms. The number of anilines is 2. The second-order valence-electron chi connectivity index (χ2n) is 6.15. The molecule has 0 fully saturated rings. The number of hydrogen-bond acceptors (Lipinski definition) is 4. The van der Waals surface area contributed by atoms with Crippen LogP contribution in [0.5, 0.6) is 0 Å². The van der Waals surface area contributed by atoms with Crippen LogP contribution in [0.15, 0.2) is 60.7 Å². The fourth-order valence-corrected chi connectivity index (χ4v) is 2.68. The molecule has 0 aliphatic heterocycles. The summed E-state index contributed by atoms with van der Waals surface area (Å²) >= 11 is 0. The van der Waals surface area contributed by atoms with Crippen molar-refractivity contribution in [1.82, 2.24) is 9.78 Å². The van der Waals surface area contributed by atoms with E-state index in [4.69, 9.17) is 4.74 Å². The van der Waals surface area contributed by atoms with Crippen molar-refractivity contribution >= 4 is 23.3 Å². The lowest BCUT2D eigenvalue weighted by Gasteiger charge is -2.07. The molecule has 144 valence electrons. The van der Waals surface area contributed by atoms with E-state index in [1.807, 2.05) is 48.5 Å². The van der Waals surface area contributed by atoms with Crippen molar-refractivity contribution in [1.29, 1.82) is 0 Å². The van der Waals surface area contributed by atoms with Crippen LogP contribution >= 0.6 is 0 Å². The summed E-state index contributed by atoms with van der Waals surface area (Å²) in [6.07, 6.45) is 0.327. The number of carbonyl (C=O) groups excluding carboxylic acids is 2. The lowest BCUT2D eigenvalue weighted by atomic mass is 10.2. The lowest BCUT2D eigenvalue weighted by Crippen LogP contribution is -2.14. The van der Waals surface area contributed by atoms with Gasteiger partial charge in [-0.25, -0.2) is 4.68 Å². The van der Waals surface area contributed by atoms with Crippen LogP contribution in [0.25, 0.3) is 5.69 Å². The maximum Gasteiger partial charge on any atom is 0.276 e. The van der Waals surface area contributed by atoms with E-state index < -0.39 is 0 Å². The van der Waals surface area contributed by atoms with Crippen molar-refractivity contribution < 1.29 is 14.3 Å². The average Bonchev–Trinajstić information content (AvgIpc) is 3.13. The third-order valence-electron chi connectivity index (χ3n) is 4.03. The zero-order chi connectivity index (χ0) is 19.9. The molecule has 0 bridgehead atoms. The first-order chi connectivity index (χ1) is 13.6. The summed E-state index contributed by atoms with van der Waals surface area (Å²) in [6, 6.07) is 18.3. The zero-order valence-electron chi connectivity index (χ0n) is 15.8. The Bertz CT molecular complexity index is 967. The van der Waals surface area contributed by atoms with Gasteiger partial charge in [-0.1, -0.05) is 37.3 Å². The van der Waals surface area contributed by atoms with Gasteiger partial charge in [0.2, 0.25) is 5.91 Å². The minimum absolute atomic E-state index is 0.156. The Morgan fingerprint density at radius 1 is 1.04 bits per heavy atom. The fourth-order valence-electron chi connectivity index (χ4n) is 2.68. The fraction of sp³-hybridized carbons (Fsp3) is 0.190. The van der Waals surface area contributed by atoms with E-state index in [1.54, 1.807) is 30.8 Å². The minimum atomic E-state index is -0.365. The summed E-state index contributed by atoms with van der Waals surface area (Å²) in [5.41, 5.74) is 2.54. The van der Waals surface area contributed by atoms with Gasteiger partial charge in [-0.05, 0) is 29.8 Å². The van der Waals surface area contributed by atoms with Crippen LogP contribution in [0.1, 0.15) is 29.4 Å². The zero-order valence-corrected chi connectivity index (χ0v) is 15.8. The van der Waals surface area contributed by atoms with Crippen LogP contribution in [0.3, 0.4) is 0 Å². The molecule has 1 heterocycles. The summed E-state index contributed by atoms with van der Waals surface area (Å²) < 4.78 is 6.66. The molecule has 0 aliphatic carbocycles. The molecule has 0 radical (unpaired) electrons. The average molecular weight is 378 g/mol. The largest absolute Gasteiger partial charge is 0.380 e. The predicted octanol–water partition coefficient (Wildman–Crippen LogP) is 3.62. The van der Waals surface area contributed by atoms with Crippen molar-refractivity contribution in [3.05, 3.63) is 71.9 Å². The molecule has 7 nitrogen and oxygen atoms in total. The van der Waals surface area contributed by atoms with Crippen LogP contribution in [-0.2, 0) is 16.1 Å². The monoisotopic (exact) mass is 378 g/mol. The molecule has 2 aromatic carbocycles. The van der Waals surface area contributed by atoms with Gasteiger partial charge in [-0.15, -0.1) is 0 Å². The number of carbonyl (C=O) groups is 2. The van der Waals surface area contributed by atoms with Gasteiger partial charge in [0, 0.05) is 25.3 Å². The van der Waals surface area contributed by atoms with Crippen molar-refractivity contribution in [3.63, 3.8) is 0 Å². The number of ether oxygens (including phenoxy) is 1. The maximum absolute atomic E-state index is 12.7. The molecule has 1 aromatic heterocycles. The molecule has 0 atom stereocenters. The molecule has 0 saturated carbocycles. The van der Waals surface area contributed by atoms with E-state index in [-0.39, 0.29) is 17.5 Å². The summed E-state index contributed by atoms with van der Waals surface area (Å²) in [5, 5.41) is 10.0. The Morgan fingerprint density at radius 3 is 2.54 bits per heavy atom. The highest BCUT2D eigenvalue weighted by molar-refractivity contribution is 6.04. The highest BCUT2D eigenvalue weighted by atomic mass is 16.5. The topological polar surface area (TPSA) is 85.2 Å². The van der Waals surface area contributed by atoms with Crippen molar-refractivity contribution in [2.45, 2.75) is 20.0 Å². The molecule has 2 amide bonds. The smallest absolute Gasteiger partial charge is 0.276 e.